The molecule has 0 aromatic heterocycles. The summed E-state index contributed by atoms with van der Waals surface area (Å²) in [6, 6.07) is 23.4. The Balaban J connectivity index is 1.99. The third kappa shape index (κ3) is 9.02. The van der Waals surface area contributed by atoms with Gasteiger partial charge in [-0.1, -0.05) is 89.0 Å². The molecule has 3 aromatic rings. The van der Waals surface area contributed by atoms with Crippen molar-refractivity contribution in [1.29, 1.82) is 0 Å². The summed E-state index contributed by atoms with van der Waals surface area (Å²) in [6.45, 7) is 12.3. The average molecular weight is 720 g/mol. The molecule has 6 nitrogen and oxygen atoms in total. The normalized spacial score (nSPS) is 13.3. The van der Waals surface area contributed by atoms with Crippen molar-refractivity contribution in [1.82, 2.24) is 0 Å². The third-order valence-electron chi connectivity index (χ3n) is 8.03. The fraction of sp³-hybridized carbons (Fsp3) is 0.394. The van der Waals surface area contributed by atoms with Gasteiger partial charge in [0.05, 0.1) is 32.7 Å². The highest BCUT2D eigenvalue weighted by molar-refractivity contribution is 9.10. The van der Waals surface area contributed by atoms with Crippen LogP contribution in [0.2, 0.25) is 18.1 Å². The molecule has 226 valence electrons. The Bertz CT molecular complexity index is 1260. The summed E-state index contributed by atoms with van der Waals surface area (Å²) >= 11 is 6.95. The van der Waals surface area contributed by atoms with Crippen LogP contribution in [0.25, 0.3) is 0 Å². The lowest BCUT2D eigenvalue weighted by molar-refractivity contribution is -0.142. The van der Waals surface area contributed by atoms with E-state index in [9.17, 15) is 9.59 Å². The third-order valence-corrected chi connectivity index (χ3v) is 13.6. The summed E-state index contributed by atoms with van der Waals surface area (Å²) in [7, 11) is 0.892. The molecule has 0 saturated heterocycles. The first-order valence-electron chi connectivity index (χ1n) is 13.9. The number of carbonyl (C=O) groups excluding carboxylic acids is 2. The molecule has 0 heterocycles. The van der Waals surface area contributed by atoms with E-state index in [1.807, 2.05) is 60.7 Å². The largest absolute Gasteiger partial charge is 0.468 e. The van der Waals surface area contributed by atoms with Gasteiger partial charge in [0.2, 0.25) is 0 Å². The van der Waals surface area contributed by atoms with Crippen molar-refractivity contribution in [3.8, 4) is 0 Å². The zero-order valence-corrected chi connectivity index (χ0v) is 29.6. The van der Waals surface area contributed by atoms with Gasteiger partial charge in [0.25, 0.3) is 0 Å². The van der Waals surface area contributed by atoms with Crippen molar-refractivity contribution in [3.63, 3.8) is 0 Å². The van der Waals surface area contributed by atoms with Crippen LogP contribution in [0.4, 0.5) is 5.69 Å². The Morgan fingerprint density at radius 1 is 0.738 bits per heavy atom. The maximum absolute atomic E-state index is 13.1. The minimum absolute atomic E-state index is 0.121. The van der Waals surface area contributed by atoms with E-state index in [1.165, 1.54) is 14.2 Å². The molecule has 3 aromatic carbocycles. The van der Waals surface area contributed by atoms with Crippen molar-refractivity contribution in [2.24, 2.45) is 0 Å². The molecule has 0 bridgehead atoms. The second kappa shape index (κ2) is 14.8. The van der Waals surface area contributed by atoms with Crippen molar-refractivity contribution in [2.45, 2.75) is 57.3 Å². The fourth-order valence-corrected chi connectivity index (χ4v) is 5.81. The highest BCUT2D eigenvalue weighted by Crippen LogP contribution is 2.37. The van der Waals surface area contributed by atoms with Crippen LogP contribution in [0, 0.1) is 0 Å². The molecule has 0 radical (unpaired) electrons. The Labute approximate surface area is 268 Å². The molecule has 3 rings (SSSR count). The van der Waals surface area contributed by atoms with E-state index in [0.29, 0.717) is 19.7 Å². The van der Waals surface area contributed by atoms with E-state index >= 15 is 0 Å². The number of carbonyl (C=O) groups is 2. The number of hydrogen-bond donors (Lipinski definition) is 0. The lowest BCUT2D eigenvalue weighted by Gasteiger charge is -2.36. The highest BCUT2D eigenvalue weighted by Gasteiger charge is 2.37. The number of benzene rings is 3. The van der Waals surface area contributed by atoms with Gasteiger partial charge in [-0.25, -0.2) is 0 Å². The first-order valence-corrected chi connectivity index (χ1v) is 18.4. The van der Waals surface area contributed by atoms with Gasteiger partial charge in [0, 0.05) is 27.7 Å². The number of methoxy groups -OCH3 is 2. The SMILES string of the molecule is COC(=O)[C@H](CN(C[C@@H](C(=O)OC)c1ccc(Br)cc1)c1ccc(CO[Si](C)(C)C(C)(C)C)cc1)c1ccc(Br)cc1. The minimum Gasteiger partial charge on any atom is -0.468 e. The van der Waals surface area contributed by atoms with Crippen LogP contribution >= 0.6 is 31.9 Å². The van der Waals surface area contributed by atoms with Crippen LogP contribution in [0.5, 0.6) is 0 Å². The van der Waals surface area contributed by atoms with Crippen LogP contribution in [-0.4, -0.2) is 47.6 Å². The Morgan fingerprint density at radius 3 is 1.50 bits per heavy atom. The van der Waals surface area contributed by atoms with Gasteiger partial charge < -0.3 is 18.8 Å². The van der Waals surface area contributed by atoms with Gasteiger partial charge in [0.15, 0.2) is 8.32 Å². The molecule has 0 aliphatic heterocycles. The van der Waals surface area contributed by atoms with E-state index < -0.39 is 20.2 Å². The molecule has 0 N–H and O–H groups in total. The van der Waals surface area contributed by atoms with E-state index in [-0.39, 0.29) is 17.0 Å². The van der Waals surface area contributed by atoms with Gasteiger partial charge in [-0.3, -0.25) is 9.59 Å². The van der Waals surface area contributed by atoms with E-state index in [1.54, 1.807) is 0 Å². The number of ether oxygens (including phenoxy) is 2. The summed E-state index contributed by atoms with van der Waals surface area (Å²) in [5, 5.41) is 0.121. The maximum Gasteiger partial charge on any atom is 0.314 e. The van der Waals surface area contributed by atoms with Crippen LogP contribution in [0.15, 0.2) is 81.7 Å². The van der Waals surface area contributed by atoms with Gasteiger partial charge in [-0.2, -0.15) is 0 Å². The van der Waals surface area contributed by atoms with Gasteiger partial charge >= 0.3 is 11.9 Å². The number of rotatable bonds is 12. The Kier molecular flexibility index (Phi) is 12.0. The molecule has 0 amide bonds. The predicted octanol–water partition coefficient (Wildman–Crippen LogP) is 8.45. The number of esters is 2. The summed E-state index contributed by atoms with van der Waals surface area (Å²) in [4.78, 5) is 28.2. The molecule has 42 heavy (non-hydrogen) atoms. The lowest BCUT2D eigenvalue weighted by Crippen LogP contribution is -2.40. The smallest absolute Gasteiger partial charge is 0.314 e. The standard InChI is InChI=1S/C33H41Br2NO5Si/c1-33(2,3)42(6,7)41-22-23-8-18-28(19-9-23)36(20-29(31(37)39-4)24-10-14-26(34)15-11-24)21-30(32(38)40-5)25-12-16-27(35)17-13-25/h8-19,29-30H,20-22H2,1-7H3/t29-,30-/m1/s1. The van der Waals surface area contributed by atoms with E-state index in [2.05, 4.69) is 82.8 Å². The number of halogens is 2. The molecular formula is C33H41Br2NO5Si. The minimum atomic E-state index is -1.90. The molecule has 0 unspecified atom stereocenters. The summed E-state index contributed by atoms with van der Waals surface area (Å²) in [6.07, 6.45) is 0. The van der Waals surface area contributed by atoms with Gasteiger partial charge in [0.1, 0.15) is 0 Å². The number of anilines is 1. The average Bonchev–Trinajstić information content (AvgIpc) is 2.96. The molecule has 0 aliphatic rings. The molecule has 0 saturated carbocycles. The Hall–Kier alpha value is -2.46. The number of nitrogens with zero attached hydrogens (tertiary/aromatic N) is 1. The van der Waals surface area contributed by atoms with Crippen molar-refractivity contribution in [3.05, 3.63) is 98.4 Å². The maximum atomic E-state index is 13.1. The second-order valence-corrected chi connectivity index (χ2v) is 18.5. The molecule has 0 aliphatic carbocycles. The highest BCUT2D eigenvalue weighted by atomic mass is 79.9. The van der Waals surface area contributed by atoms with Gasteiger partial charge in [-0.05, 0) is 71.2 Å². The van der Waals surface area contributed by atoms with Crippen LogP contribution < -0.4 is 4.90 Å². The first kappa shape index (κ1) is 34.0. The molecule has 0 fully saturated rings. The topological polar surface area (TPSA) is 65.1 Å². The monoisotopic (exact) mass is 717 g/mol. The van der Waals surface area contributed by atoms with Crippen molar-refractivity contribution < 1.29 is 23.5 Å². The first-order chi connectivity index (χ1) is 19.8. The predicted molar refractivity (Wildman–Crippen MR) is 178 cm³/mol. The lowest BCUT2D eigenvalue weighted by atomic mass is 9.95. The van der Waals surface area contributed by atoms with Crippen LogP contribution in [0.3, 0.4) is 0 Å². The second-order valence-electron chi connectivity index (χ2n) is 11.9. The summed E-state index contributed by atoms with van der Waals surface area (Å²) < 4.78 is 18.7. The zero-order chi connectivity index (χ0) is 31.1. The molecule has 0 spiro atoms. The van der Waals surface area contributed by atoms with E-state index in [4.69, 9.17) is 13.9 Å². The van der Waals surface area contributed by atoms with Crippen molar-refractivity contribution >= 4 is 57.8 Å². The van der Waals surface area contributed by atoms with Crippen LogP contribution in [-0.2, 0) is 30.1 Å². The quantitative estimate of drug-likeness (QED) is 0.138. The Morgan fingerprint density at radius 2 is 1.14 bits per heavy atom. The zero-order valence-electron chi connectivity index (χ0n) is 25.4. The molecular weight excluding hydrogens is 678 g/mol. The van der Waals surface area contributed by atoms with Gasteiger partial charge in [-0.15, -0.1) is 0 Å². The summed E-state index contributed by atoms with van der Waals surface area (Å²) in [5.74, 6) is -1.85. The molecule has 2 atom stereocenters. The van der Waals surface area contributed by atoms with E-state index in [0.717, 1.165) is 31.3 Å². The number of hydrogen-bond acceptors (Lipinski definition) is 6. The fourth-order valence-electron chi connectivity index (χ4n) is 4.32. The van der Waals surface area contributed by atoms with Crippen molar-refractivity contribution in [2.75, 3.05) is 32.2 Å². The molecule has 9 heteroatoms. The van der Waals surface area contributed by atoms with Crippen LogP contribution in [0.1, 0.15) is 49.3 Å². The summed E-state index contributed by atoms with van der Waals surface area (Å²) in [5.41, 5.74) is 3.60.